The molecular formula is C14H17ClN2O3. The first-order valence-corrected chi connectivity index (χ1v) is 6.85. The third-order valence-corrected chi connectivity index (χ3v) is 3.70. The van der Waals surface area contributed by atoms with Crippen molar-refractivity contribution < 1.29 is 14.7 Å². The number of rotatable bonds is 4. The van der Waals surface area contributed by atoms with Crippen LogP contribution in [0.2, 0.25) is 5.02 Å². The van der Waals surface area contributed by atoms with Crippen LogP contribution in [-0.2, 0) is 4.79 Å². The van der Waals surface area contributed by atoms with Crippen molar-refractivity contribution in [2.45, 2.75) is 18.9 Å². The molecule has 0 aromatic heterocycles. The Hall–Kier alpha value is -1.59. The number of nitrogens with one attached hydrogen (secondary N) is 1. The van der Waals surface area contributed by atoms with E-state index in [1.54, 1.807) is 24.3 Å². The Labute approximate surface area is 122 Å². The van der Waals surface area contributed by atoms with E-state index in [-0.39, 0.29) is 18.4 Å². The molecule has 0 saturated carbocycles. The molecule has 1 heterocycles. The Bertz CT molecular complexity index is 527. The SMILES string of the molecule is CCC1(O)CN(C(=O)CNC(=O)c2cccc(Cl)c2)C1. The number of carbonyl (C=O) groups is 2. The molecule has 1 aliphatic heterocycles. The van der Waals surface area contributed by atoms with Gasteiger partial charge in [-0.1, -0.05) is 24.6 Å². The maximum atomic E-state index is 11.8. The van der Waals surface area contributed by atoms with Gasteiger partial charge < -0.3 is 15.3 Å². The van der Waals surface area contributed by atoms with Crippen molar-refractivity contribution in [1.82, 2.24) is 10.2 Å². The lowest BCUT2D eigenvalue weighted by atomic mass is 9.91. The molecule has 0 radical (unpaired) electrons. The molecule has 1 aromatic carbocycles. The number of carbonyl (C=O) groups excluding carboxylic acids is 2. The van der Waals surface area contributed by atoms with Gasteiger partial charge in [-0.25, -0.2) is 0 Å². The van der Waals surface area contributed by atoms with Crippen LogP contribution in [0.5, 0.6) is 0 Å². The summed E-state index contributed by atoms with van der Waals surface area (Å²) in [5.41, 5.74) is -0.342. The quantitative estimate of drug-likeness (QED) is 0.873. The van der Waals surface area contributed by atoms with Gasteiger partial charge in [0.1, 0.15) is 0 Å². The van der Waals surface area contributed by atoms with E-state index >= 15 is 0 Å². The number of β-amino-alcohol motifs (C(OH)–C–C–N with tert-alkyl or cyclic N) is 1. The lowest BCUT2D eigenvalue weighted by molar-refractivity contribution is -0.154. The molecule has 0 spiro atoms. The van der Waals surface area contributed by atoms with Crippen LogP contribution in [0.3, 0.4) is 0 Å². The normalized spacial score (nSPS) is 16.4. The molecule has 2 amide bonds. The van der Waals surface area contributed by atoms with Crippen molar-refractivity contribution in [3.63, 3.8) is 0 Å². The fourth-order valence-corrected chi connectivity index (χ4v) is 2.25. The fourth-order valence-electron chi connectivity index (χ4n) is 2.06. The zero-order valence-electron chi connectivity index (χ0n) is 11.2. The topological polar surface area (TPSA) is 69.6 Å². The Morgan fingerprint density at radius 3 is 2.75 bits per heavy atom. The number of halogens is 1. The van der Waals surface area contributed by atoms with Crippen molar-refractivity contribution in [3.05, 3.63) is 34.9 Å². The molecule has 1 fully saturated rings. The number of hydrogen-bond donors (Lipinski definition) is 2. The largest absolute Gasteiger partial charge is 0.386 e. The standard InChI is InChI=1S/C14H17ClN2O3/c1-2-14(20)8-17(9-14)12(18)7-16-13(19)10-4-3-5-11(15)6-10/h3-6,20H,2,7-9H2,1H3,(H,16,19). The third kappa shape index (κ3) is 3.29. The monoisotopic (exact) mass is 296 g/mol. The summed E-state index contributed by atoms with van der Waals surface area (Å²) in [6.07, 6.45) is 0.617. The minimum Gasteiger partial charge on any atom is -0.386 e. The summed E-state index contributed by atoms with van der Waals surface area (Å²) in [5.74, 6) is -0.536. The van der Waals surface area contributed by atoms with Crippen LogP contribution >= 0.6 is 11.6 Å². The first-order chi connectivity index (χ1) is 9.43. The zero-order valence-corrected chi connectivity index (χ0v) is 12.0. The minimum absolute atomic E-state index is 0.0782. The zero-order chi connectivity index (χ0) is 14.8. The van der Waals surface area contributed by atoms with E-state index < -0.39 is 5.60 Å². The van der Waals surface area contributed by atoms with Crippen molar-refractivity contribution in [2.75, 3.05) is 19.6 Å². The molecule has 0 aliphatic carbocycles. The van der Waals surface area contributed by atoms with Crippen molar-refractivity contribution in [1.29, 1.82) is 0 Å². The summed E-state index contributed by atoms with van der Waals surface area (Å²) in [5, 5.41) is 12.9. The number of aliphatic hydroxyl groups is 1. The van der Waals surface area contributed by atoms with Gasteiger partial charge in [0.25, 0.3) is 5.91 Å². The van der Waals surface area contributed by atoms with E-state index in [0.29, 0.717) is 30.1 Å². The Morgan fingerprint density at radius 2 is 2.15 bits per heavy atom. The highest BCUT2D eigenvalue weighted by molar-refractivity contribution is 6.30. The molecular weight excluding hydrogens is 280 g/mol. The highest BCUT2D eigenvalue weighted by Crippen LogP contribution is 2.23. The number of nitrogens with zero attached hydrogens (tertiary/aromatic N) is 1. The van der Waals surface area contributed by atoms with Crippen LogP contribution in [-0.4, -0.2) is 47.1 Å². The van der Waals surface area contributed by atoms with Crippen LogP contribution in [0.15, 0.2) is 24.3 Å². The second-order valence-corrected chi connectivity index (χ2v) is 5.46. The van der Waals surface area contributed by atoms with Crippen LogP contribution < -0.4 is 5.32 Å². The van der Waals surface area contributed by atoms with Gasteiger partial charge >= 0.3 is 0 Å². The van der Waals surface area contributed by atoms with Gasteiger partial charge in [-0.15, -0.1) is 0 Å². The second-order valence-electron chi connectivity index (χ2n) is 5.02. The molecule has 108 valence electrons. The summed E-state index contributed by atoms with van der Waals surface area (Å²) in [6, 6.07) is 6.52. The molecule has 2 rings (SSSR count). The molecule has 0 atom stereocenters. The van der Waals surface area contributed by atoms with Gasteiger partial charge in [-0.3, -0.25) is 9.59 Å². The van der Waals surface area contributed by atoms with Gasteiger partial charge in [-0.2, -0.15) is 0 Å². The first kappa shape index (κ1) is 14.8. The van der Waals surface area contributed by atoms with E-state index in [1.165, 1.54) is 4.90 Å². The van der Waals surface area contributed by atoms with E-state index in [0.717, 1.165) is 0 Å². The van der Waals surface area contributed by atoms with Gasteiger partial charge in [0.2, 0.25) is 5.91 Å². The average molecular weight is 297 g/mol. The van der Waals surface area contributed by atoms with Gasteiger partial charge in [0.05, 0.1) is 25.2 Å². The van der Waals surface area contributed by atoms with Gasteiger partial charge in [-0.05, 0) is 24.6 Å². The highest BCUT2D eigenvalue weighted by Gasteiger charge is 2.41. The lowest BCUT2D eigenvalue weighted by Gasteiger charge is -2.46. The molecule has 6 heteroatoms. The maximum absolute atomic E-state index is 11.8. The third-order valence-electron chi connectivity index (χ3n) is 3.47. The molecule has 1 aliphatic rings. The smallest absolute Gasteiger partial charge is 0.251 e. The Kier molecular flexibility index (Phi) is 4.30. The van der Waals surface area contributed by atoms with Gasteiger partial charge in [0, 0.05) is 10.6 Å². The highest BCUT2D eigenvalue weighted by atomic mass is 35.5. The van der Waals surface area contributed by atoms with Crippen molar-refractivity contribution >= 4 is 23.4 Å². The van der Waals surface area contributed by atoms with E-state index in [9.17, 15) is 14.7 Å². The molecule has 1 saturated heterocycles. The Morgan fingerprint density at radius 1 is 1.45 bits per heavy atom. The van der Waals surface area contributed by atoms with Crippen LogP contribution in [0.25, 0.3) is 0 Å². The summed E-state index contributed by atoms with van der Waals surface area (Å²) < 4.78 is 0. The summed E-state index contributed by atoms with van der Waals surface area (Å²) in [4.78, 5) is 25.2. The minimum atomic E-state index is -0.757. The van der Waals surface area contributed by atoms with Crippen molar-refractivity contribution in [2.24, 2.45) is 0 Å². The van der Waals surface area contributed by atoms with Crippen LogP contribution in [0, 0.1) is 0 Å². The maximum Gasteiger partial charge on any atom is 0.251 e. The number of benzene rings is 1. The second kappa shape index (κ2) is 5.81. The summed E-state index contributed by atoms with van der Waals surface area (Å²) in [6.45, 7) is 2.46. The van der Waals surface area contributed by atoms with E-state index in [1.807, 2.05) is 6.92 Å². The predicted octanol–water partition coefficient (Wildman–Crippen LogP) is 1.05. The number of likely N-dealkylation sites (tertiary alicyclic amines) is 1. The number of amides is 2. The molecule has 5 nitrogen and oxygen atoms in total. The van der Waals surface area contributed by atoms with Crippen LogP contribution in [0.4, 0.5) is 0 Å². The van der Waals surface area contributed by atoms with Gasteiger partial charge in [0.15, 0.2) is 0 Å². The van der Waals surface area contributed by atoms with E-state index in [2.05, 4.69) is 5.32 Å². The predicted molar refractivity (Wildman–Crippen MR) is 75.6 cm³/mol. The summed E-state index contributed by atoms with van der Waals surface area (Å²) >= 11 is 5.80. The molecule has 1 aromatic rings. The van der Waals surface area contributed by atoms with Crippen LogP contribution in [0.1, 0.15) is 23.7 Å². The fraction of sp³-hybridized carbons (Fsp3) is 0.429. The van der Waals surface area contributed by atoms with Crippen molar-refractivity contribution in [3.8, 4) is 0 Å². The summed E-state index contributed by atoms with van der Waals surface area (Å²) in [7, 11) is 0. The molecule has 2 N–H and O–H groups in total. The molecule has 20 heavy (non-hydrogen) atoms. The Balaban J connectivity index is 1.81. The molecule has 0 unspecified atom stereocenters. The number of hydrogen-bond acceptors (Lipinski definition) is 3. The molecule has 0 bridgehead atoms. The van der Waals surface area contributed by atoms with E-state index in [4.69, 9.17) is 11.6 Å². The first-order valence-electron chi connectivity index (χ1n) is 6.47. The average Bonchev–Trinajstić information content (AvgIpc) is 2.40. The lowest BCUT2D eigenvalue weighted by Crippen LogP contribution is -2.64.